The number of aliphatic hydroxyl groups excluding tert-OH is 1. The highest BCUT2D eigenvalue weighted by Gasteiger charge is 2.38. The van der Waals surface area contributed by atoms with Gasteiger partial charge in [0, 0.05) is 12.6 Å². The second-order valence-corrected chi connectivity index (χ2v) is 11.4. The maximum atomic E-state index is 13.2. The first-order valence-electron chi connectivity index (χ1n) is 13.4. The van der Waals surface area contributed by atoms with Crippen molar-refractivity contribution >= 4 is 10.0 Å². The third-order valence-electron chi connectivity index (χ3n) is 6.89. The summed E-state index contributed by atoms with van der Waals surface area (Å²) in [5.41, 5.74) is 2.05. The van der Waals surface area contributed by atoms with Crippen molar-refractivity contribution in [3.05, 3.63) is 162 Å². The molecule has 0 radical (unpaired) electrons. The van der Waals surface area contributed by atoms with E-state index < -0.39 is 21.6 Å². The van der Waals surface area contributed by atoms with Crippen molar-refractivity contribution < 1.29 is 18.3 Å². The van der Waals surface area contributed by atoms with Crippen molar-refractivity contribution in [1.82, 2.24) is 10.0 Å². The molecule has 0 aliphatic heterocycles. The number of rotatable bonds is 12. The van der Waals surface area contributed by atoms with Gasteiger partial charge in [-0.25, -0.2) is 13.1 Å². The Morgan fingerprint density at radius 2 is 1.02 bits per heavy atom. The summed E-state index contributed by atoms with van der Waals surface area (Å²) in [6.07, 6.45) is 0. The fraction of sp³-hybridized carbons (Fsp3) is 0.118. The van der Waals surface area contributed by atoms with Crippen LogP contribution in [0.25, 0.3) is 0 Å². The van der Waals surface area contributed by atoms with E-state index in [1.807, 2.05) is 121 Å². The zero-order valence-corrected chi connectivity index (χ0v) is 23.2. The lowest BCUT2D eigenvalue weighted by atomic mass is 9.76. The van der Waals surface area contributed by atoms with Crippen LogP contribution in [0.5, 0.6) is 11.5 Å². The van der Waals surface area contributed by atoms with Crippen LogP contribution in [-0.2, 0) is 15.6 Å². The summed E-state index contributed by atoms with van der Waals surface area (Å²) in [4.78, 5) is 0.107. The molecule has 0 amide bonds. The third kappa shape index (κ3) is 6.56. The number of aliphatic hydroxyl groups is 1. The molecule has 7 heteroatoms. The molecule has 0 aliphatic carbocycles. The Morgan fingerprint density at radius 3 is 1.46 bits per heavy atom. The number of ether oxygens (including phenoxy) is 1. The van der Waals surface area contributed by atoms with Gasteiger partial charge in [0.25, 0.3) is 0 Å². The van der Waals surface area contributed by atoms with Crippen molar-refractivity contribution in [2.75, 3.05) is 13.2 Å². The SMILES string of the molecule is O=S(=O)(NCC(CO)NC(c1ccccc1)(c1ccccc1)c1ccccc1)c1ccc(Oc2ccccc2)cc1. The molecule has 0 fully saturated rings. The van der Waals surface area contributed by atoms with Gasteiger partial charge >= 0.3 is 0 Å². The van der Waals surface area contributed by atoms with Crippen LogP contribution in [0.2, 0.25) is 0 Å². The van der Waals surface area contributed by atoms with E-state index in [0.717, 1.165) is 16.7 Å². The van der Waals surface area contributed by atoms with Crippen LogP contribution in [0.3, 0.4) is 0 Å². The van der Waals surface area contributed by atoms with Crippen molar-refractivity contribution in [3.63, 3.8) is 0 Å². The fourth-order valence-electron chi connectivity index (χ4n) is 4.89. The van der Waals surface area contributed by atoms with Crippen LogP contribution in [0.4, 0.5) is 0 Å². The molecule has 41 heavy (non-hydrogen) atoms. The molecule has 3 N–H and O–H groups in total. The lowest BCUT2D eigenvalue weighted by Crippen LogP contribution is -2.54. The van der Waals surface area contributed by atoms with E-state index in [1.165, 1.54) is 12.1 Å². The molecule has 5 rings (SSSR count). The Balaban J connectivity index is 1.40. The Kier molecular flexibility index (Phi) is 8.91. The summed E-state index contributed by atoms with van der Waals surface area (Å²) in [5, 5.41) is 14.1. The molecule has 0 saturated carbocycles. The highest BCUT2D eigenvalue weighted by atomic mass is 32.2. The van der Waals surface area contributed by atoms with E-state index in [-0.39, 0.29) is 18.0 Å². The van der Waals surface area contributed by atoms with Crippen LogP contribution >= 0.6 is 0 Å². The second-order valence-electron chi connectivity index (χ2n) is 9.61. The summed E-state index contributed by atoms with van der Waals surface area (Å²) < 4.78 is 34.9. The van der Waals surface area contributed by atoms with Gasteiger partial charge in [0.1, 0.15) is 11.5 Å². The van der Waals surface area contributed by atoms with Gasteiger partial charge in [-0.15, -0.1) is 0 Å². The molecule has 0 aromatic heterocycles. The minimum atomic E-state index is -3.86. The first kappa shape index (κ1) is 28.3. The smallest absolute Gasteiger partial charge is 0.240 e. The topological polar surface area (TPSA) is 87.7 Å². The highest BCUT2D eigenvalue weighted by molar-refractivity contribution is 7.89. The minimum Gasteiger partial charge on any atom is -0.457 e. The zero-order valence-electron chi connectivity index (χ0n) is 22.4. The number of hydrogen-bond donors (Lipinski definition) is 3. The Bertz CT molecular complexity index is 1520. The molecule has 0 bridgehead atoms. The average molecular weight is 565 g/mol. The lowest BCUT2D eigenvalue weighted by Gasteiger charge is -2.40. The Morgan fingerprint density at radius 1 is 0.610 bits per heavy atom. The molecule has 5 aromatic carbocycles. The van der Waals surface area contributed by atoms with E-state index in [4.69, 9.17) is 4.74 Å². The normalized spacial score (nSPS) is 12.5. The van der Waals surface area contributed by atoms with Gasteiger partial charge in [-0.3, -0.25) is 5.32 Å². The summed E-state index contributed by atoms with van der Waals surface area (Å²) in [7, 11) is -3.86. The largest absolute Gasteiger partial charge is 0.457 e. The van der Waals surface area contributed by atoms with Crippen LogP contribution in [0.15, 0.2) is 150 Å². The van der Waals surface area contributed by atoms with Gasteiger partial charge in [-0.05, 0) is 53.1 Å². The van der Waals surface area contributed by atoms with Crippen LogP contribution in [-0.4, -0.2) is 32.7 Å². The summed E-state index contributed by atoms with van der Waals surface area (Å²) in [6.45, 7) is -0.323. The van der Waals surface area contributed by atoms with Gasteiger partial charge in [-0.2, -0.15) is 0 Å². The lowest BCUT2D eigenvalue weighted by molar-refractivity contribution is 0.222. The molecular weight excluding hydrogens is 532 g/mol. The minimum absolute atomic E-state index is 0.0324. The van der Waals surface area contributed by atoms with Crippen LogP contribution in [0, 0.1) is 0 Å². The van der Waals surface area contributed by atoms with Gasteiger partial charge in [0.05, 0.1) is 17.0 Å². The van der Waals surface area contributed by atoms with Crippen molar-refractivity contribution in [1.29, 1.82) is 0 Å². The summed E-state index contributed by atoms with van der Waals surface area (Å²) in [5.74, 6) is 1.19. The number of hydrogen-bond acceptors (Lipinski definition) is 5. The molecule has 6 nitrogen and oxygen atoms in total. The highest BCUT2D eigenvalue weighted by Crippen LogP contribution is 2.37. The number of nitrogens with one attached hydrogen (secondary N) is 2. The van der Waals surface area contributed by atoms with Crippen LogP contribution in [0.1, 0.15) is 16.7 Å². The second kappa shape index (κ2) is 12.9. The predicted octanol–water partition coefficient (Wildman–Crippen LogP) is 5.70. The van der Waals surface area contributed by atoms with Crippen molar-refractivity contribution in [2.45, 2.75) is 16.5 Å². The van der Waals surface area contributed by atoms with Gasteiger partial charge in [0.2, 0.25) is 10.0 Å². The van der Waals surface area contributed by atoms with Crippen molar-refractivity contribution in [3.8, 4) is 11.5 Å². The van der Waals surface area contributed by atoms with Gasteiger partial charge in [0.15, 0.2) is 0 Å². The van der Waals surface area contributed by atoms with E-state index in [0.29, 0.717) is 11.5 Å². The summed E-state index contributed by atoms with van der Waals surface area (Å²) in [6, 6.07) is 44.8. The predicted molar refractivity (Wildman–Crippen MR) is 161 cm³/mol. The standard InChI is InChI=1S/C34H32N2O4S/c37-26-30(25-35-41(38,39)33-23-21-32(22-24-33)40-31-19-11-4-12-20-31)36-34(27-13-5-1-6-14-27,28-15-7-2-8-16-28)29-17-9-3-10-18-29/h1-24,30,35-37H,25-26H2. The molecule has 5 aromatic rings. The first-order chi connectivity index (χ1) is 20.0. The Hall–Kier alpha value is -4.27. The quantitative estimate of drug-likeness (QED) is 0.169. The van der Waals surface area contributed by atoms with E-state index >= 15 is 0 Å². The van der Waals surface area contributed by atoms with Gasteiger partial charge in [-0.1, -0.05) is 109 Å². The molecule has 1 atom stereocenters. The van der Waals surface area contributed by atoms with E-state index in [2.05, 4.69) is 10.0 Å². The maximum Gasteiger partial charge on any atom is 0.240 e. The van der Waals surface area contributed by atoms with E-state index in [9.17, 15) is 13.5 Å². The molecular formula is C34H32N2O4S. The molecule has 0 saturated heterocycles. The number of para-hydroxylation sites is 1. The number of benzene rings is 5. The maximum absolute atomic E-state index is 13.2. The first-order valence-corrected chi connectivity index (χ1v) is 14.9. The van der Waals surface area contributed by atoms with E-state index in [1.54, 1.807) is 12.1 Å². The number of sulfonamides is 1. The molecule has 0 heterocycles. The monoisotopic (exact) mass is 564 g/mol. The zero-order chi connectivity index (χ0) is 28.5. The molecule has 208 valence electrons. The fourth-order valence-corrected chi connectivity index (χ4v) is 5.97. The van der Waals surface area contributed by atoms with Crippen molar-refractivity contribution in [2.24, 2.45) is 0 Å². The van der Waals surface area contributed by atoms with Gasteiger partial charge < -0.3 is 9.84 Å². The Labute approximate surface area is 241 Å². The van der Waals surface area contributed by atoms with Crippen LogP contribution < -0.4 is 14.8 Å². The average Bonchev–Trinajstić information content (AvgIpc) is 3.03. The molecule has 0 spiro atoms. The molecule has 0 aliphatic rings. The third-order valence-corrected chi connectivity index (χ3v) is 8.33. The molecule has 1 unspecified atom stereocenters. The summed E-state index contributed by atoms with van der Waals surface area (Å²) >= 11 is 0.